The number of carbonyl (C=O) groups is 1. The lowest BCUT2D eigenvalue weighted by atomic mass is 10.0. The third-order valence-electron chi connectivity index (χ3n) is 6.08. The van der Waals surface area contributed by atoms with Crippen LogP contribution in [0.25, 0.3) is 11.1 Å². The Bertz CT molecular complexity index is 1040. The second kappa shape index (κ2) is 9.54. The van der Waals surface area contributed by atoms with Crippen LogP contribution in [0.5, 0.6) is 0 Å². The molecule has 1 heterocycles. The van der Waals surface area contributed by atoms with Crippen LogP contribution in [-0.2, 0) is 6.54 Å². The number of nitrogens with zero attached hydrogens (tertiary/aromatic N) is 1. The first-order chi connectivity index (χ1) is 15.0. The minimum absolute atomic E-state index is 0.172. The van der Waals surface area contributed by atoms with Gasteiger partial charge < -0.3 is 11.1 Å². The number of rotatable bonds is 6. The van der Waals surface area contributed by atoms with Gasteiger partial charge in [-0.15, -0.1) is 0 Å². The molecule has 31 heavy (non-hydrogen) atoms. The summed E-state index contributed by atoms with van der Waals surface area (Å²) < 4.78 is 0. The van der Waals surface area contributed by atoms with E-state index in [0.29, 0.717) is 28.9 Å². The van der Waals surface area contributed by atoms with E-state index in [1.54, 1.807) is 6.07 Å². The maximum atomic E-state index is 12.7. The second-order valence-electron chi connectivity index (χ2n) is 8.15. The first kappa shape index (κ1) is 21.4. The quantitative estimate of drug-likeness (QED) is 0.492. The summed E-state index contributed by atoms with van der Waals surface area (Å²) in [5.41, 5.74) is 11.5. The summed E-state index contributed by atoms with van der Waals surface area (Å²) in [7, 11) is 0. The molecule has 3 N–H and O–H groups in total. The van der Waals surface area contributed by atoms with Gasteiger partial charge in [-0.05, 0) is 79.4 Å². The zero-order valence-corrected chi connectivity index (χ0v) is 18.5. The largest absolute Gasteiger partial charge is 0.398 e. The van der Waals surface area contributed by atoms with Gasteiger partial charge >= 0.3 is 0 Å². The second-order valence-corrected chi connectivity index (χ2v) is 8.59. The van der Waals surface area contributed by atoms with Crippen LogP contribution in [0.1, 0.15) is 47.3 Å². The highest BCUT2D eigenvalue weighted by Gasteiger charge is 2.19. The van der Waals surface area contributed by atoms with Crippen molar-refractivity contribution in [3.05, 3.63) is 88.4 Å². The zero-order valence-electron chi connectivity index (χ0n) is 17.8. The molecule has 1 unspecified atom stereocenters. The van der Waals surface area contributed by atoms with Gasteiger partial charge in [0.05, 0.1) is 5.56 Å². The fourth-order valence-electron chi connectivity index (χ4n) is 4.12. The maximum absolute atomic E-state index is 12.7. The maximum Gasteiger partial charge on any atom is 0.253 e. The Kier molecular flexibility index (Phi) is 6.59. The van der Waals surface area contributed by atoms with Gasteiger partial charge in [0, 0.05) is 23.3 Å². The number of hydrogen-bond acceptors (Lipinski definition) is 3. The van der Waals surface area contributed by atoms with Crippen LogP contribution in [-0.4, -0.2) is 23.9 Å². The molecule has 1 fully saturated rings. The Morgan fingerprint density at radius 2 is 1.65 bits per heavy atom. The molecule has 3 aromatic carbocycles. The zero-order chi connectivity index (χ0) is 21.8. The Labute approximate surface area is 189 Å². The van der Waals surface area contributed by atoms with Crippen LogP contribution in [0.15, 0.2) is 66.7 Å². The molecule has 0 radical (unpaired) electrons. The van der Waals surface area contributed by atoms with E-state index in [1.165, 1.54) is 31.5 Å². The van der Waals surface area contributed by atoms with E-state index in [0.717, 1.165) is 16.7 Å². The van der Waals surface area contributed by atoms with Gasteiger partial charge in [0.2, 0.25) is 0 Å². The van der Waals surface area contributed by atoms with Crippen molar-refractivity contribution in [1.29, 1.82) is 0 Å². The average molecular weight is 434 g/mol. The number of carbonyl (C=O) groups excluding carboxylic acids is 1. The van der Waals surface area contributed by atoms with E-state index in [4.69, 9.17) is 17.3 Å². The smallest absolute Gasteiger partial charge is 0.253 e. The highest BCUT2D eigenvalue weighted by molar-refractivity contribution is 6.30. The van der Waals surface area contributed by atoms with E-state index in [1.807, 2.05) is 36.4 Å². The lowest BCUT2D eigenvalue weighted by molar-refractivity contribution is 0.0952. The van der Waals surface area contributed by atoms with Crippen LogP contribution in [0.2, 0.25) is 5.02 Å². The van der Waals surface area contributed by atoms with Gasteiger partial charge in [0.25, 0.3) is 5.91 Å². The molecule has 3 aromatic rings. The first-order valence-electron chi connectivity index (χ1n) is 10.8. The molecule has 1 aliphatic heterocycles. The molecule has 1 amide bonds. The van der Waals surface area contributed by atoms with Crippen molar-refractivity contribution in [2.45, 2.75) is 32.4 Å². The normalized spacial score (nSPS) is 15.0. The van der Waals surface area contributed by atoms with Crippen molar-refractivity contribution >= 4 is 23.2 Å². The Morgan fingerprint density at radius 1 is 1.00 bits per heavy atom. The molecule has 160 valence electrons. The molecular weight excluding hydrogens is 406 g/mol. The van der Waals surface area contributed by atoms with Gasteiger partial charge in [0.1, 0.15) is 0 Å². The number of anilines is 1. The summed E-state index contributed by atoms with van der Waals surface area (Å²) in [6.07, 6.45) is 2.58. The number of nitrogens with two attached hydrogens (primary N) is 1. The molecule has 0 aliphatic carbocycles. The topological polar surface area (TPSA) is 58.4 Å². The first-order valence-corrected chi connectivity index (χ1v) is 11.2. The van der Waals surface area contributed by atoms with E-state index < -0.39 is 0 Å². The van der Waals surface area contributed by atoms with Crippen molar-refractivity contribution in [1.82, 2.24) is 10.2 Å². The summed E-state index contributed by atoms with van der Waals surface area (Å²) in [5, 5.41) is 3.67. The van der Waals surface area contributed by atoms with Crippen LogP contribution in [0.3, 0.4) is 0 Å². The van der Waals surface area contributed by atoms with Gasteiger partial charge in [-0.3, -0.25) is 9.69 Å². The van der Waals surface area contributed by atoms with Crippen LogP contribution < -0.4 is 11.1 Å². The predicted molar refractivity (Wildman–Crippen MR) is 128 cm³/mol. The van der Waals surface area contributed by atoms with Crippen LogP contribution >= 0.6 is 11.6 Å². The summed E-state index contributed by atoms with van der Waals surface area (Å²) in [6.45, 7) is 5.09. The summed E-state index contributed by atoms with van der Waals surface area (Å²) in [5.74, 6) is -0.172. The van der Waals surface area contributed by atoms with Crippen molar-refractivity contribution in [3.8, 4) is 11.1 Å². The SMILES string of the molecule is CC(c1ccc(CNC(=O)c2ccc(-c3ccc(Cl)cc3)cc2N)cc1)N1CCCC1. The summed E-state index contributed by atoms with van der Waals surface area (Å²) in [6, 6.07) is 22.0. The van der Waals surface area contributed by atoms with Gasteiger partial charge in [-0.1, -0.05) is 54.1 Å². The number of nitrogens with one attached hydrogen (secondary N) is 1. The number of benzene rings is 3. The minimum atomic E-state index is -0.172. The van der Waals surface area contributed by atoms with Crippen molar-refractivity contribution < 1.29 is 4.79 Å². The van der Waals surface area contributed by atoms with Crippen molar-refractivity contribution in [2.24, 2.45) is 0 Å². The third-order valence-corrected chi connectivity index (χ3v) is 6.33. The molecule has 4 nitrogen and oxygen atoms in total. The lowest BCUT2D eigenvalue weighted by Gasteiger charge is -2.24. The van der Waals surface area contributed by atoms with Gasteiger partial charge in [-0.2, -0.15) is 0 Å². The monoisotopic (exact) mass is 433 g/mol. The fourth-order valence-corrected chi connectivity index (χ4v) is 4.25. The van der Waals surface area contributed by atoms with E-state index in [-0.39, 0.29) is 5.91 Å². The van der Waals surface area contributed by atoms with E-state index in [9.17, 15) is 4.79 Å². The van der Waals surface area contributed by atoms with E-state index >= 15 is 0 Å². The van der Waals surface area contributed by atoms with Crippen molar-refractivity contribution in [3.63, 3.8) is 0 Å². The van der Waals surface area contributed by atoms with Crippen LogP contribution in [0.4, 0.5) is 5.69 Å². The van der Waals surface area contributed by atoms with Crippen molar-refractivity contribution in [2.75, 3.05) is 18.8 Å². The molecule has 5 heteroatoms. The fraction of sp³-hybridized carbons (Fsp3) is 0.269. The number of amides is 1. The Morgan fingerprint density at radius 3 is 2.29 bits per heavy atom. The molecule has 0 saturated carbocycles. The molecule has 1 saturated heterocycles. The minimum Gasteiger partial charge on any atom is -0.398 e. The van der Waals surface area contributed by atoms with E-state index in [2.05, 4.69) is 41.4 Å². The number of hydrogen-bond donors (Lipinski definition) is 2. The number of nitrogen functional groups attached to an aromatic ring is 1. The van der Waals surface area contributed by atoms with Gasteiger partial charge in [-0.25, -0.2) is 0 Å². The highest BCUT2D eigenvalue weighted by atomic mass is 35.5. The molecular formula is C26H28ClN3O. The van der Waals surface area contributed by atoms with Crippen LogP contribution in [0, 0.1) is 0 Å². The Balaban J connectivity index is 1.37. The summed E-state index contributed by atoms with van der Waals surface area (Å²) >= 11 is 5.96. The molecule has 0 bridgehead atoms. The molecule has 1 atom stereocenters. The standard InChI is InChI=1S/C26H28ClN3O/c1-18(30-14-2-3-15-30)20-6-4-19(5-7-20)17-29-26(31)24-13-10-22(16-25(24)28)21-8-11-23(27)12-9-21/h4-13,16,18H,2-3,14-15,17,28H2,1H3,(H,29,31). The number of likely N-dealkylation sites (tertiary alicyclic amines) is 1. The number of halogens is 1. The average Bonchev–Trinajstić information content (AvgIpc) is 3.33. The molecule has 1 aliphatic rings. The molecule has 0 spiro atoms. The molecule has 0 aromatic heterocycles. The molecule has 4 rings (SSSR count). The Hall–Kier alpha value is -2.82. The lowest BCUT2D eigenvalue weighted by Crippen LogP contribution is -2.24. The summed E-state index contributed by atoms with van der Waals surface area (Å²) in [4.78, 5) is 15.2. The van der Waals surface area contributed by atoms with Gasteiger partial charge in [0.15, 0.2) is 0 Å². The predicted octanol–water partition coefficient (Wildman–Crippen LogP) is 5.68. The third kappa shape index (κ3) is 5.09. The highest BCUT2D eigenvalue weighted by Crippen LogP contribution is 2.26.